The highest BCUT2D eigenvalue weighted by atomic mass is 16.5. The Kier molecular flexibility index (Phi) is 4.07. The molecule has 0 fully saturated rings. The molecule has 1 rings (SSSR count). The highest BCUT2D eigenvalue weighted by Crippen LogP contribution is 2.13. The van der Waals surface area contributed by atoms with E-state index in [-0.39, 0.29) is 5.97 Å². The first-order valence-electron chi connectivity index (χ1n) is 5.47. The molecule has 0 bridgehead atoms. The van der Waals surface area contributed by atoms with Crippen molar-refractivity contribution in [2.24, 2.45) is 5.73 Å². The number of hydrogen-bond donors (Lipinski definition) is 1. The normalized spacial score (nSPS) is 14.2. The SMILES string of the molecule is CCOC(=O)[C@@](C)(N)Cc1ccc(C)cc1. The molecule has 1 atom stereocenters. The topological polar surface area (TPSA) is 52.3 Å². The van der Waals surface area contributed by atoms with Crippen LogP contribution in [-0.2, 0) is 16.0 Å². The molecule has 0 aliphatic carbocycles. The Hall–Kier alpha value is -1.35. The van der Waals surface area contributed by atoms with Gasteiger partial charge in [0.25, 0.3) is 0 Å². The number of nitrogens with two attached hydrogens (primary N) is 1. The van der Waals surface area contributed by atoms with Crippen molar-refractivity contribution in [2.75, 3.05) is 6.61 Å². The zero-order valence-electron chi connectivity index (χ0n) is 10.1. The Morgan fingerprint density at radius 1 is 1.38 bits per heavy atom. The van der Waals surface area contributed by atoms with Crippen molar-refractivity contribution in [3.63, 3.8) is 0 Å². The Bertz CT molecular complexity index is 355. The molecule has 0 saturated carbocycles. The summed E-state index contributed by atoms with van der Waals surface area (Å²) in [7, 11) is 0. The Morgan fingerprint density at radius 3 is 2.44 bits per heavy atom. The molecule has 0 amide bonds. The van der Waals surface area contributed by atoms with E-state index in [0.29, 0.717) is 13.0 Å². The maximum absolute atomic E-state index is 11.6. The van der Waals surface area contributed by atoms with Gasteiger partial charge in [0.05, 0.1) is 6.61 Å². The number of aryl methyl sites for hydroxylation is 1. The van der Waals surface area contributed by atoms with Gasteiger partial charge in [-0.15, -0.1) is 0 Å². The zero-order valence-corrected chi connectivity index (χ0v) is 10.1. The van der Waals surface area contributed by atoms with Crippen LogP contribution in [0.15, 0.2) is 24.3 Å². The van der Waals surface area contributed by atoms with Crippen molar-refractivity contribution < 1.29 is 9.53 Å². The van der Waals surface area contributed by atoms with Gasteiger partial charge in [0.15, 0.2) is 0 Å². The summed E-state index contributed by atoms with van der Waals surface area (Å²) in [4.78, 5) is 11.6. The van der Waals surface area contributed by atoms with Crippen LogP contribution in [0.1, 0.15) is 25.0 Å². The summed E-state index contributed by atoms with van der Waals surface area (Å²) in [5, 5.41) is 0. The summed E-state index contributed by atoms with van der Waals surface area (Å²) in [5.74, 6) is -0.351. The van der Waals surface area contributed by atoms with E-state index in [0.717, 1.165) is 5.56 Å². The van der Waals surface area contributed by atoms with Gasteiger partial charge in [0.2, 0.25) is 0 Å². The minimum atomic E-state index is -0.953. The molecule has 0 unspecified atom stereocenters. The molecule has 1 aromatic carbocycles. The number of carbonyl (C=O) groups excluding carboxylic acids is 1. The van der Waals surface area contributed by atoms with Crippen molar-refractivity contribution in [3.05, 3.63) is 35.4 Å². The maximum atomic E-state index is 11.6. The van der Waals surface area contributed by atoms with Crippen LogP contribution in [0.5, 0.6) is 0 Å². The number of carbonyl (C=O) groups is 1. The molecule has 0 aliphatic heterocycles. The van der Waals surface area contributed by atoms with E-state index in [2.05, 4.69) is 0 Å². The quantitative estimate of drug-likeness (QED) is 0.789. The average molecular weight is 221 g/mol. The predicted octanol–water partition coefficient (Wildman–Crippen LogP) is 1.82. The van der Waals surface area contributed by atoms with E-state index < -0.39 is 5.54 Å². The van der Waals surface area contributed by atoms with Crippen LogP contribution in [0, 0.1) is 6.92 Å². The van der Waals surface area contributed by atoms with Crippen LogP contribution in [-0.4, -0.2) is 18.1 Å². The summed E-state index contributed by atoms with van der Waals surface area (Å²) in [5.41, 5.74) is 7.23. The molecule has 3 nitrogen and oxygen atoms in total. The average Bonchev–Trinajstić information content (AvgIpc) is 2.21. The lowest BCUT2D eigenvalue weighted by atomic mass is 9.93. The van der Waals surface area contributed by atoms with Gasteiger partial charge in [-0.25, -0.2) is 0 Å². The second-order valence-electron chi connectivity index (χ2n) is 4.30. The van der Waals surface area contributed by atoms with E-state index in [1.54, 1.807) is 13.8 Å². The van der Waals surface area contributed by atoms with Crippen LogP contribution in [0.25, 0.3) is 0 Å². The Labute approximate surface area is 96.6 Å². The third-order valence-corrected chi connectivity index (χ3v) is 2.43. The number of hydrogen-bond acceptors (Lipinski definition) is 3. The first kappa shape index (κ1) is 12.7. The van der Waals surface area contributed by atoms with Gasteiger partial charge in [-0.3, -0.25) is 4.79 Å². The molecule has 88 valence electrons. The van der Waals surface area contributed by atoms with Gasteiger partial charge in [0.1, 0.15) is 5.54 Å². The van der Waals surface area contributed by atoms with Gasteiger partial charge in [-0.05, 0) is 26.3 Å². The van der Waals surface area contributed by atoms with Crippen molar-refractivity contribution >= 4 is 5.97 Å². The molecule has 0 radical (unpaired) electrons. The molecule has 0 aliphatic rings. The number of esters is 1. The Morgan fingerprint density at radius 2 is 1.94 bits per heavy atom. The van der Waals surface area contributed by atoms with E-state index in [4.69, 9.17) is 10.5 Å². The molecular weight excluding hydrogens is 202 g/mol. The standard InChI is InChI=1S/C13H19NO2/c1-4-16-12(15)13(3,14)9-11-7-5-10(2)6-8-11/h5-8H,4,9,14H2,1-3H3/t13-/m0/s1. The molecular formula is C13H19NO2. The third kappa shape index (κ3) is 3.35. The number of rotatable bonds is 4. The number of ether oxygens (including phenoxy) is 1. The fraction of sp³-hybridized carbons (Fsp3) is 0.462. The second kappa shape index (κ2) is 5.12. The number of benzene rings is 1. The van der Waals surface area contributed by atoms with Crippen molar-refractivity contribution in [2.45, 2.75) is 32.7 Å². The lowest BCUT2D eigenvalue weighted by molar-refractivity contribution is -0.148. The lowest BCUT2D eigenvalue weighted by Crippen LogP contribution is -2.48. The van der Waals surface area contributed by atoms with E-state index >= 15 is 0 Å². The van der Waals surface area contributed by atoms with E-state index in [1.165, 1.54) is 5.56 Å². The van der Waals surface area contributed by atoms with Crippen molar-refractivity contribution in [3.8, 4) is 0 Å². The summed E-state index contributed by atoms with van der Waals surface area (Å²) in [6, 6.07) is 7.99. The summed E-state index contributed by atoms with van der Waals surface area (Å²) < 4.78 is 4.94. The molecule has 16 heavy (non-hydrogen) atoms. The molecule has 3 heteroatoms. The monoisotopic (exact) mass is 221 g/mol. The second-order valence-corrected chi connectivity index (χ2v) is 4.30. The van der Waals surface area contributed by atoms with Crippen LogP contribution in [0.3, 0.4) is 0 Å². The highest BCUT2D eigenvalue weighted by molar-refractivity contribution is 5.80. The van der Waals surface area contributed by atoms with Gasteiger partial charge >= 0.3 is 5.97 Å². The molecule has 0 spiro atoms. The molecule has 1 aromatic rings. The third-order valence-electron chi connectivity index (χ3n) is 2.43. The predicted molar refractivity (Wildman–Crippen MR) is 64.1 cm³/mol. The van der Waals surface area contributed by atoms with Crippen LogP contribution in [0.2, 0.25) is 0 Å². The van der Waals surface area contributed by atoms with E-state index in [9.17, 15) is 4.79 Å². The van der Waals surface area contributed by atoms with Crippen LogP contribution in [0.4, 0.5) is 0 Å². The zero-order chi connectivity index (χ0) is 12.2. The van der Waals surface area contributed by atoms with Gasteiger partial charge in [-0.2, -0.15) is 0 Å². The largest absolute Gasteiger partial charge is 0.465 e. The summed E-state index contributed by atoms with van der Waals surface area (Å²) in [6.07, 6.45) is 0.492. The summed E-state index contributed by atoms with van der Waals surface area (Å²) >= 11 is 0. The first-order chi connectivity index (χ1) is 7.45. The van der Waals surface area contributed by atoms with Crippen LogP contribution < -0.4 is 5.73 Å². The molecule has 2 N–H and O–H groups in total. The Balaban J connectivity index is 2.72. The minimum absolute atomic E-state index is 0.351. The smallest absolute Gasteiger partial charge is 0.326 e. The fourth-order valence-electron chi connectivity index (χ4n) is 1.50. The minimum Gasteiger partial charge on any atom is -0.465 e. The maximum Gasteiger partial charge on any atom is 0.326 e. The molecule has 0 saturated heterocycles. The molecule has 0 aromatic heterocycles. The van der Waals surface area contributed by atoms with E-state index in [1.807, 2.05) is 31.2 Å². The van der Waals surface area contributed by atoms with Gasteiger partial charge in [-0.1, -0.05) is 29.8 Å². The molecule has 0 heterocycles. The van der Waals surface area contributed by atoms with Gasteiger partial charge < -0.3 is 10.5 Å². The lowest BCUT2D eigenvalue weighted by Gasteiger charge is -2.22. The fourth-order valence-corrected chi connectivity index (χ4v) is 1.50. The van der Waals surface area contributed by atoms with Crippen molar-refractivity contribution in [1.82, 2.24) is 0 Å². The van der Waals surface area contributed by atoms with Crippen LogP contribution >= 0.6 is 0 Å². The summed E-state index contributed by atoms with van der Waals surface area (Å²) in [6.45, 7) is 5.86. The highest BCUT2D eigenvalue weighted by Gasteiger charge is 2.29. The van der Waals surface area contributed by atoms with Gasteiger partial charge in [0, 0.05) is 6.42 Å². The first-order valence-corrected chi connectivity index (χ1v) is 5.47. The van der Waals surface area contributed by atoms with Crippen molar-refractivity contribution in [1.29, 1.82) is 0 Å².